The van der Waals surface area contributed by atoms with E-state index in [9.17, 15) is 0 Å². The van der Waals surface area contributed by atoms with E-state index in [0.717, 1.165) is 12.8 Å². The van der Waals surface area contributed by atoms with Gasteiger partial charge in [-0.15, -0.1) is 23.6 Å². The summed E-state index contributed by atoms with van der Waals surface area (Å²) in [5.41, 5.74) is 5.43. The third-order valence-corrected chi connectivity index (χ3v) is 0.826. The van der Waals surface area contributed by atoms with Gasteiger partial charge in [0, 0.05) is 6.04 Å². The minimum atomic E-state index is 0. The Hall–Kier alpha value is 0.180. The molecule has 0 aliphatic heterocycles. The van der Waals surface area contributed by atoms with E-state index in [1.807, 2.05) is 13.0 Å². The van der Waals surface area contributed by atoms with Gasteiger partial charge >= 0.3 is 0 Å². The summed E-state index contributed by atoms with van der Waals surface area (Å²) in [6, 6.07) is 0.331. The second-order valence-electron chi connectivity index (χ2n) is 1.84. The second kappa shape index (κ2) is 7.18. The molecular formula is C6H14BrN. The highest BCUT2D eigenvalue weighted by atomic mass is 79.9. The van der Waals surface area contributed by atoms with Gasteiger partial charge in [-0.3, -0.25) is 0 Å². The van der Waals surface area contributed by atoms with Crippen molar-refractivity contribution in [3.63, 3.8) is 0 Å². The highest BCUT2D eigenvalue weighted by molar-refractivity contribution is 8.93. The van der Waals surface area contributed by atoms with Crippen molar-refractivity contribution in [1.82, 2.24) is 0 Å². The topological polar surface area (TPSA) is 26.0 Å². The molecule has 0 bridgehead atoms. The zero-order chi connectivity index (χ0) is 5.70. The van der Waals surface area contributed by atoms with E-state index in [-0.39, 0.29) is 17.0 Å². The standard InChI is InChI=1S/C6H13N.BrH/c1-3-4-5-6(2)7;/h3,6H,1,4-5,7H2,2H3;1H. The van der Waals surface area contributed by atoms with Gasteiger partial charge in [0.1, 0.15) is 0 Å². The lowest BCUT2D eigenvalue weighted by Gasteiger charge is -1.97. The van der Waals surface area contributed by atoms with Gasteiger partial charge in [0.05, 0.1) is 0 Å². The molecule has 0 spiro atoms. The van der Waals surface area contributed by atoms with Crippen molar-refractivity contribution in [2.75, 3.05) is 0 Å². The van der Waals surface area contributed by atoms with Gasteiger partial charge in [0.25, 0.3) is 0 Å². The average molecular weight is 180 g/mol. The van der Waals surface area contributed by atoms with E-state index >= 15 is 0 Å². The van der Waals surface area contributed by atoms with E-state index in [1.54, 1.807) is 0 Å². The van der Waals surface area contributed by atoms with Crippen molar-refractivity contribution >= 4 is 17.0 Å². The predicted octanol–water partition coefficient (Wildman–Crippen LogP) is 1.88. The van der Waals surface area contributed by atoms with Crippen LogP contribution >= 0.6 is 17.0 Å². The van der Waals surface area contributed by atoms with Crippen LogP contribution in [0, 0.1) is 0 Å². The quantitative estimate of drug-likeness (QED) is 0.659. The van der Waals surface area contributed by atoms with Crippen LogP contribution in [0.4, 0.5) is 0 Å². The molecule has 0 aromatic heterocycles. The van der Waals surface area contributed by atoms with Crippen LogP contribution in [0.3, 0.4) is 0 Å². The Bertz CT molecular complexity index is 52.5. The second-order valence-corrected chi connectivity index (χ2v) is 1.84. The smallest absolute Gasteiger partial charge is 0.00134 e. The lowest BCUT2D eigenvalue weighted by Crippen LogP contribution is -2.13. The monoisotopic (exact) mass is 179 g/mol. The van der Waals surface area contributed by atoms with Gasteiger partial charge in [-0.2, -0.15) is 0 Å². The molecule has 0 aliphatic carbocycles. The van der Waals surface area contributed by atoms with Gasteiger partial charge in [-0.1, -0.05) is 6.08 Å². The van der Waals surface area contributed by atoms with Crippen molar-refractivity contribution in [1.29, 1.82) is 0 Å². The molecule has 1 unspecified atom stereocenters. The fraction of sp³-hybridized carbons (Fsp3) is 0.667. The summed E-state index contributed by atoms with van der Waals surface area (Å²) in [4.78, 5) is 0. The van der Waals surface area contributed by atoms with Crippen LogP contribution in [-0.4, -0.2) is 6.04 Å². The Balaban J connectivity index is 0. The first kappa shape index (κ1) is 11.0. The molecule has 0 aromatic carbocycles. The van der Waals surface area contributed by atoms with Crippen LogP contribution in [-0.2, 0) is 0 Å². The minimum Gasteiger partial charge on any atom is -0.328 e. The first-order valence-corrected chi connectivity index (χ1v) is 2.64. The Kier molecular flexibility index (Phi) is 9.91. The van der Waals surface area contributed by atoms with Crippen LogP contribution in [0.25, 0.3) is 0 Å². The summed E-state index contributed by atoms with van der Waals surface area (Å²) in [6.45, 7) is 5.58. The maximum absolute atomic E-state index is 5.43. The SMILES string of the molecule is Br.C=CCCC(C)N. The van der Waals surface area contributed by atoms with Crippen LogP contribution in [0.1, 0.15) is 19.8 Å². The normalized spacial score (nSPS) is 11.8. The van der Waals surface area contributed by atoms with Crippen molar-refractivity contribution < 1.29 is 0 Å². The summed E-state index contributed by atoms with van der Waals surface area (Å²) in [5, 5.41) is 0. The molecule has 1 atom stereocenters. The predicted molar refractivity (Wildman–Crippen MR) is 43.4 cm³/mol. The van der Waals surface area contributed by atoms with Crippen LogP contribution in [0.5, 0.6) is 0 Å². The van der Waals surface area contributed by atoms with Gasteiger partial charge in [0.15, 0.2) is 0 Å². The Morgan fingerprint density at radius 3 is 2.38 bits per heavy atom. The van der Waals surface area contributed by atoms with Gasteiger partial charge in [0.2, 0.25) is 0 Å². The van der Waals surface area contributed by atoms with Crippen LogP contribution in [0.15, 0.2) is 12.7 Å². The molecular weight excluding hydrogens is 166 g/mol. The van der Waals surface area contributed by atoms with E-state index in [4.69, 9.17) is 5.73 Å². The Morgan fingerprint density at radius 2 is 2.25 bits per heavy atom. The molecule has 0 heterocycles. The van der Waals surface area contributed by atoms with E-state index in [0.29, 0.717) is 6.04 Å². The molecule has 2 heteroatoms. The Morgan fingerprint density at radius 1 is 1.75 bits per heavy atom. The third-order valence-electron chi connectivity index (χ3n) is 0.826. The highest BCUT2D eigenvalue weighted by Crippen LogP contribution is 1.91. The maximum atomic E-state index is 5.43. The summed E-state index contributed by atoms with van der Waals surface area (Å²) in [6.07, 6.45) is 3.99. The van der Waals surface area contributed by atoms with Crippen molar-refractivity contribution in [3.8, 4) is 0 Å². The molecule has 0 rings (SSSR count). The number of hydrogen-bond donors (Lipinski definition) is 1. The van der Waals surface area contributed by atoms with Crippen molar-refractivity contribution in [2.24, 2.45) is 5.73 Å². The molecule has 50 valence electrons. The molecule has 0 saturated carbocycles. The molecule has 8 heavy (non-hydrogen) atoms. The largest absolute Gasteiger partial charge is 0.328 e. The average Bonchev–Trinajstić information content (AvgIpc) is 1.61. The summed E-state index contributed by atoms with van der Waals surface area (Å²) < 4.78 is 0. The number of nitrogens with two attached hydrogens (primary N) is 1. The van der Waals surface area contributed by atoms with Crippen LogP contribution < -0.4 is 5.73 Å². The fourth-order valence-electron chi connectivity index (χ4n) is 0.381. The van der Waals surface area contributed by atoms with Gasteiger partial charge < -0.3 is 5.73 Å². The van der Waals surface area contributed by atoms with Gasteiger partial charge in [-0.05, 0) is 19.8 Å². The first-order chi connectivity index (χ1) is 3.27. The summed E-state index contributed by atoms with van der Waals surface area (Å²) >= 11 is 0. The zero-order valence-electron chi connectivity index (χ0n) is 5.26. The summed E-state index contributed by atoms with van der Waals surface area (Å²) in [7, 11) is 0. The third kappa shape index (κ3) is 9.49. The van der Waals surface area contributed by atoms with Crippen LogP contribution in [0.2, 0.25) is 0 Å². The molecule has 0 aromatic rings. The lowest BCUT2D eigenvalue weighted by atomic mass is 10.2. The first-order valence-electron chi connectivity index (χ1n) is 2.64. The maximum Gasteiger partial charge on any atom is 0.00134 e. The Labute approximate surface area is 61.7 Å². The zero-order valence-corrected chi connectivity index (χ0v) is 6.97. The number of halogens is 1. The molecule has 0 aliphatic rings. The molecule has 0 fully saturated rings. The lowest BCUT2D eigenvalue weighted by molar-refractivity contribution is 0.676. The molecule has 2 N–H and O–H groups in total. The number of allylic oxidation sites excluding steroid dienone is 1. The molecule has 1 nitrogen and oxygen atoms in total. The van der Waals surface area contributed by atoms with E-state index in [1.165, 1.54) is 0 Å². The van der Waals surface area contributed by atoms with Crippen molar-refractivity contribution in [3.05, 3.63) is 12.7 Å². The highest BCUT2D eigenvalue weighted by Gasteiger charge is 1.87. The summed E-state index contributed by atoms with van der Waals surface area (Å²) in [5.74, 6) is 0. The van der Waals surface area contributed by atoms with E-state index in [2.05, 4.69) is 6.58 Å². The van der Waals surface area contributed by atoms with Gasteiger partial charge in [-0.25, -0.2) is 0 Å². The molecule has 0 amide bonds. The molecule has 0 radical (unpaired) electrons. The number of rotatable bonds is 3. The van der Waals surface area contributed by atoms with Crippen molar-refractivity contribution in [2.45, 2.75) is 25.8 Å². The number of hydrogen-bond acceptors (Lipinski definition) is 1. The fourth-order valence-corrected chi connectivity index (χ4v) is 0.381. The van der Waals surface area contributed by atoms with E-state index < -0.39 is 0 Å². The minimum absolute atomic E-state index is 0. The molecule has 0 saturated heterocycles.